The van der Waals surface area contributed by atoms with Gasteiger partial charge in [-0.1, -0.05) is 23.8 Å². The number of allylic oxidation sites excluding steroid dienone is 2. The van der Waals surface area contributed by atoms with Gasteiger partial charge in [-0.2, -0.15) is 0 Å². The van der Waals surface area contributed by atoms with E-state index in [1.807, 2.05) is 6.08 Å². The third-order valence-electron chi connectivity index (χ3n) is 3.35. The van der Waals surface area contributed by atoms with Gasteiger partial charge in [0.15, 0.2) is 0 Å². The first kappa shape index (κ1) is 14.6. The Morgan fingerprint density at radius 1 is 1.30 bits per heavy atom. The number of anilines is 1. The Hall–Kier alpha value is -1.81. The van der Waals surface area contributed by atoms with Crippen LogP contribution in [0.1, 0.15) is 29.6 Å². The van der Waals surface area contributed by atoms with Gasteiger partial charge in [-0.3, -0.25) is 9.59 Å². The van der Waals surface area contributed by atoms with E-state index in [4.69, 9.17) is 11.6 Å². The summed E-state index contributed by atoms with van der Waals surface area (Å²) < 4.78 is 0. The molecule has 1 aliphatic carbocycles. The molecule has 20 heavy (non-hydrogen) atoms. The highest BCUT2D eigenvalue weighted by Crippen LogP contribution is 2.26. The van der Waals surface area contributed by atoms with Crippen LogP contribution in [0.15, 0.2) is 30.4 Å². The monoisotopic (exact) mass is 292 g/mol. The number of rotatable bonds is 3. The van der Waals surface area contributed by atoms with Gasteiger partial charge in [-0.15, -0.1) is 0 Å². The van der Waals surface area contributed by atoms with Crippen molar-refractivity contribution in [3.05, 3.63) is 40.9 Å². The summed E-state index contributed by atoms with van der Waals surface area (Å²) in [5.41, 5.74) is 0.947. The van der Waals surface area contributed by atoms with E-state index in [1.165, 1.54) is 0 Å². The van der Waals surface area contributed by atoms with E-state index >= 15 is 0 Å². The molecule has 0 radical (unpaired) electrons. The van der Waals surface area contributed by atoms with Gasteiger partial charge < -0.3 is 10.6 Å². The molecule has 1 aromatic carbocycles. The smallest absolute Gasteiger partial charge is 0.251 e. The molecule has 0 heterocycles. The summed E-state index contributed by atoms with van der Waals surface area (Å²) in [6.45, 7) is 0. The standard InChI is InChI=1S/C15H17ClN2O2/c1-17-14(19)11-7-8-12(16)13(9-11)18-15(20)10-5-3-2-4-6-10/h2-3,7-10H,4-6H2,1H3,(H,17,19)(H,18,20). The van der Waals surface area contributed by atoms with Crippen LogP contribution in [0.4, 0.5) is 5.69 Å². The first-order valence-electron chi connectivity index (χ1n) is 6.59. The van der Waals surface area contributed by atoms with E-state index in [0.717, 1.165) is 19.3 Å². The molecular formula is C15H17ClN2O2. The van der Waals surface area contributed by atoms with Gasteiger partial charge in [0, 0.05) is 18.5 Å². The van der Waals surface area contributed by atoms with Crippen molar-refractivity contribution >= 4 is 29.1 Å². The number of nitrogens with one attached hydrogen (secondary N) is 2. The number of carbonyl (C=O) groups is 2. The van der Waals surface area contributed by atoms with Crippen molar-refractivity contribution in [3.8, 4) is 0 Å². The highest BCUT2D eigenvalue weighted by Gasteiger charge is 2.19. The minimum atomic E-state index is -0.210. The van der Waals surface area contributed by atoms with Crippen molar-refractivity contribution in [2.45, 2.75) is 19.3 Å². The molecule has 1 aliphatic rings. The molecule has 106 valence electrons. The molecule has 2 N–H and O–H groups in total. The number of carbonyl (C=O) groups excluding carboxylic acids is 2. The van der Waals surface area contributed by atoms with Crippen molar-refractivity contribution in [1.29, 1.82) is 0 Å². The van der Waals surface area contributed by atoms with Crippen LogP contribution in [0.25, 0.3) is 0 Å². The fraction of sp³-hybridized carbons (Fsp3) is 0.333. The second-order valence-corrected chi connectivity index (χ2v) is 5.15. The van der Waals surface area contributed by atoms with Crippen molar-refractivity contribution in [2.24, 2.45) is 5.92 Å². The van der Waals surface area contributed by atoms with Gasteiger partial charge in [0.05, 0.1) is 10.7 Å². The predicted octanol–water partition coefficient (Wildman–Crippen LogP) is 2.99. The second kappa shape index (κ2) is 6.57. The molecule has 1 atom stereocenters. The second-order valence-electron chi connectivity index (χ2n) is 4.74. The van der Waals surface area contributed by atoms with E-state index in [9.17, 15) is 9.59 Å². The van der Waals surface area contributed by atoms with Crippen molar-refractivity contribution < 1.29 is 9.59 Å². The van der Waals surface area contributed by atoms with E-state index in [-0.39, 0.29) is 17.7 Å². The number of halogens is 1. The Morgan fingerprint density at radius 2 is 2.10 bits per heavy atom. The predicted molar refractivity (Wildman–Crippen MR) is 80.0 cm³/mol. The molecule has 1 aromatic rings. The average molecular weight is 293 g/mol. The van der Waals surface area contributed by atoms with Gasteiger partial charge >= 0.3 is 0 Å². The molecule has 2 rings (SSSR count). The number of hydrogen-bond donors (Lipinski definition) is 2. The molecule has 2 amide bonds. The van der Waals surface area contributed by atoms with E-state index in [2.05, 4.69) is 16.7 Å². The van der Waals surface area contributed by atoms with Crippen LogP contribution < -0.4 is 10.6 Å². The fourth-order valence-corrected chi connectivity index (χ4v) is 2.34. The van der Waals surface area contributed by atoms with Gasteiger partial charge in [0.2, 0.25) is 5.91 Å². The Kier molecular flexibility index (Phi) is 4.79. The zero-order valence-corrected chi connectivity index (χ0v) is 12.0. The summed E-state index contributed by atoms with van der Waals surface area (Å²) >= 11 is 6.07. The van der Waals surface area contributed by atoms with E-state index in [1.54, 1.807) is 25.2 Å². The lowest BCUT2D eigenvalue weighted by molar-refractivity contribution is -0.120. The SMILES string of the molecule is CNC(=O)c1ccc(Cl)c(NC(=O)C2CC=CCC2)c1. The van der Waals surface area contributed by atoms with E-state index < -0.39 is 0 Å². The molecule has 0 fully saturated rings. The highest BCUT2D eigenvalue weighted by molar-refractivity contribution is 6.33. The molecular weight excluding hydrogens is 276 g/mol. The van der Waals surface area contributed by atoms with Crippen LogP contribution in [-0.4, -0.2) is 18.9 Å². The van der Waals surface area contributed by atoms with Crippen LogP contribution in [0, 0.1) is 5.92 Å². The van der Waals surface area contributed by atoms with Crippen molar-refractivity contribution in [3.63, 3.8) is 0 Å². The molecule has 0 spiro atoms. The Morgan fingerprint density at radius 3 is 2.75 bits per heavy atom. The molecule has 0 saturated carbocycles. The lowest BCUT2D eigenvalue weighted by Crippen LogP contribution is -2.24. The van der Waals surface area contributed by atoms with Crippen LogP contribution >= 0.6 is 11.6 Å². The van der Waals surface area contributed by atoms with Crippen LogP contribution in [0.5, 0.6) is 0 Å². The summed E-state index contributed by atoms with van der Waals surface area (Å²) in [5.74, 6) is -0.289. The molecule has 1 unspecified atom stereocenters. The average Bonchev–Trinajstić information content (AvgIpc) is 2.49. The van der Waals surface area contributed by atoms with Crippen LogP contribution in [0.2, 0.25) is 5.02 Å². The van der Waals surface area contributed by atoms with Crippen molar-refractivity contribution in [2.75, 3.05) is 12.4 Å². The maximum absolute atomic E-state index is 12.2. The third-order valence-corrected chi connectivity index (χ3v) is 3.68. The Balaban J connectivity index is 2.13. The largest absolute Gasteiger partial charge is 0.355 e. The van der Waals surface area contributed by atoms with E-state index in [0.29, 0.717) is 16.3 Å². The first-order chi connectivity index (χ1) is 9.61. The topological polar surface area (TPSA) is 58.2 Å². The zero-order valence-electron chi connectivity index (χ0n) is 11.3. The summed E-state index contributed by atoms with van der Waals surface area (Å²) in [7, 11) is 1.56. The molecule has 4 nitrogen and oxygen atoms in total. The summed E-state index contributed by atoms with van der Waals surface area (Å²) in [6, 6.07) is 4.83. The Labute approximate surface area is 123 Å². The quantitative estimate of drug-likeness (QED) is 0.842. The van der Waals surface area contributed by atoms with Gasteiger partial charge in [-0.25, -0.2) is 0 Å². The van der Waals surface area contributed by atoms with Gasteiger partial charge in [0.25, 0.3) is 5.91 Å². The third kappa shape index (κ3) is 3.39. The summed E-state index contributed by atoms with van der Waals surface area (Å²) in [5, 5.41) is 5.78. The molecule has 5 heteroatoms. The highest BCUT2D eigenvalue weighted by atomic mass is 35.5. The number of amides is 2. The zero-order chi connectivity index (χ0) is 14.5. The van der Waals surface area contributed by atoms with Gasteiger partial charge in [0.1, 0.15) is 0 Å². The lowest BCUT2D eigenvalue weighted by Gasteiger charge is -2.18. The Bertz CT molecular complexity index is 555. The normalized spacial score (nSPS) is 17.6. The summed E-state index contributed by atoms with van der Waals surface area (Å²) in [6.07, 6.45) is 6.62. The maximum Gasteiger partial charge on any atom is 0.251 e. The van der Waals surface area contributed by atoms with Crippen molar-refractivity contribution in [1.82, 2.24) is 5.32 Å². The maximum atomic E-state index is 12.2. The summed E-state index contributed by atoms with van der Waals surface area (Å²) in [4.78, 5) is 23.8. The molecule has 0 bridgehead atoms. The molecule has 0 aliphatic heterocycles. The minimum absolute atomic E-state index is 0.0280. The molecule has 0 saturated heterocycles. The van der Waals surface area contributed by atoms with Crippen LogP contribution in [-0.2, 0) is 4.79 Å². The van der Waals surface area contributed by atoms with Crippen LogP contribution in [0.3, 0.4) is 0 Å². The molecule has 0 aromatic heterocycles. The number of hydrogen-bond acceptors (Lipinski definition) is 2. The number of benzene rings is 1. The lowest BCUT2D eigenvalue weighted by atomic mass is 9.93. The fourth-order valence-electron chi connectivity index (χ4n) is 2.17. The first-order valence-corrected chi connectivity index (χ1v) is 6.97. The minimum Gasteiger partial charge on any atom is -0.355 e. The van der Waals surface area contributed by atoms with Gasteiger partial charge in [-0.05, 0) is 37.5 Å².